The number of amides is 1. The summed E-state index contributed by atoms with van der Waals surface area (Å²) in [5.74, 6) is 0.210. The molecule has 30 heavy (non-hydrogen) atoms. The number of carbonyl (C=O) groups is 1. The van der Waals surface area contributed by atoms with Crippen LogP contribution in [0.5, 0.6) is 5.88 Å². The van der Waals surface area contributed by atoms with Crippen molar-refractivity contribution in [2.45, 2.75) is 25.1 Å². The van der Waals surface area contributed by atoms with Gasteiger partial charge in [0.2, 0.25) is 5.88 Å². The van der Waals surface area contributed by atoms with Crippen LogP contribution in [0.25, 0.3) is 0 Å². The van der Waals surface area contributed by atoms with Gasteiger partial charge in [0, 0.05) is 46.0 Å². The molecule has 2 fully saturated rings. The van der Waals surface area contributed by atoms with Crippen LogP contribution in [0.15, 0.2) is 23.3 Å². The number of aliphatic imine (C=N–C) groups is 1. The lowest BCUT2D eigenvalue weighted by Gasteiger charge is -2.37. The highest BCUT2D eigenvalue weighted by atomic mass is 19.4. The van der Waals surface area contributed by atoms with Gasteiger partial charge in [0.1, 0.15) is 18.3 Å². The number of alkyl halides is 3. The monoisotopic (exact) mass is 429 g/mol. The van der Waals surface area contributed by atoms with E-state index in [2.05, 4.69) is 15.3 Å². The normalized spacial score (nSPS) is 20.4. The van der Waals surface area contributed by atoms with Gasteiger partial charge in [-0.25, -0.2) is 4.98 Å². The molecule has 8 nitrogen and oxygen atoms in total. The van der Waals surface area contributed by atoms with Crippen molar-refractivity contribution in [3.8, 4) is 5.88 Å². The lowest BCUT2D eigenvalue weighted by Crippen LogP contribution is -2.55. The van der Waals surface area contributed by atoms with Crippen molar-refractivity contribution in [3.05, 3.63) is 23.9 Å². The van der Waals surface area contributed by atoms with Crippen LogP contribution in [0.2, 0.25) is 0 Å². The lowest BCUT2D eigenvalue weighted by atomic mass is 10.2. The summed E-state index contributed by atoms with van der Waals surface area (Å²) >= 11 is 0. The predicted molar refractivity (Wildman–Crippen MR) is 103 cm³/mol. The SMILES string of the molecule is CN=C(NCCOc1ncccc1C(F)(F)F)N1CCN(C(=O)C2CCCO2)CC1. The molecule has 2 aliphatic heterocycles. The number of rotatable bonds is 5. The van der Waals surface area contributed by atoms with Crippen molar-refractivity contribution in [1.29, 1.82) is 0 Å². The number of guanidine groups is 1. The van der Waals surface area contributed by atoms with Crippen LogP contribution in [0, 0.1) is 0 Å². The summed E-state index contributed by atoms with van der Waals surface area (Å²) < 4.78 is 49.6. The van der Waals surface area contributed by atoms with E-state index in [1.165, 1.54) is 12.3 Å². The van der Waals surface area contributed by atoms with E-state index in [9.17, 15) is 18.0 Å². The number of carbonyl (C=O) groups excluding carboxylic acids is 1. The van der Waals surface area contributed by atoms with Gasteiger partial charge in [-0.15, -0.1) is 0 Å². The number of nitrogens with zero attached hydrogens (tertiary/aromatic N) is 4. The van der Waals surface area contributed by atoms with E-state index >= 15 is 0 Å². The van der Waals surface area contributed by atoms with E-state index < -0.39 is 17.6 Å². The second-order valence-corrected chi connectivity index (χ2v) is 6.99. The van der Waals surface area contributed by atoms with Crippen LogP contribution in [0.3, 0.4) is 0 Å². The number of aromatic nitrogens is 1. The fraction of sp³-hybridized carbons (Fsp3) is 0.632. The van der Waals surface area contributed by atoms with Crippen LogP contribution < -0.4 is 10.1 Å². The number of ether oxygens (including phenoxy) is 2. The molecule has 1 unspecified atom stereocenters. The lowest BCUT2D eigenvalue weighted by molar-refractivity contribution is -0.142. The Bertz CT molecular complexity index is 745. The van der Waals surface area contributed by atoms with Crippen molar-refractivity contribution >= 4 is 11.9 Å². The van der Waals surface area contributed by atoms with Gasteiger partial charge in [0.25, 0.3) is 5.91 Å². The summed E-state index contributed by atoms with van der Waals surface area (Å²) in [7, 11) is 1.63. The molecular weight excluding hydrogens is 403 g/mol. The zero-order chi connectivity index (χ0) is 21.6. The molecule has 166 valence electrons. The van der Waals surface area contributed by atoms with E-state index in [1.807, 2.05) is 9.80 Å². The van der Waals surface area contributed by atoms with E-state index in [0.717, 1.165) is 18.9 Å². The summed E-state index contributed by atoms with van der Waals surface area (Å²) in [6.45, 7) is 3.25. The van der Waals surface area contributed by atoms with Crippen LogP contribution in [-0.4, -0.2) is 85.7 Å². The molecular formula is C19H26F3N5O3. The average molecular weight is 429 g/mol. The first-order chi connectivity index (χ1) is 14.4. The van der Waals surface area contributed by atoms with Gasteiger partial charge in [-0.1, -0.05) is 0 Å². The highest BCUT2D eigenvalue weighted by molar-refractivity contribution is 5.82. The quantitative estimate of drug-likeness (QED) is 0.433. The molecule has 3 rings (SSSR count). The molecule has 0 radical (unpaired) electrons. The Labute approximate surface area is 173 Å². The van der Waals surface area contributed by atoms with Crippen molar-refractivity contribution in [2.75, 3.05) is 53.0 Å². The Kier molecular flexibility index (Phi) is 7.35. The van der Waals surface area contributed by atoms with Gasteiger partial charge in [-0.2, -0.15) is 13.2 Å². The maximum absolute atomic E-state index is 13.0. The molecule has 0 bridgehead atoms. The zero-order valence-electron chi connectivity index (χ0n) is 16.8. The highest BCUT2D eigenvalue weighted by Gasteiger charge is 2.35. The van der Waals surface area contributed by atoms with Gasteiger partial charge in [0.05, 0.1) is 6.54 Å². The Morgan fingerprint density at radius 1 is 1.33 bits per heavy atom. The van der Waals surface area contributed by atoms with Crippen LogP contribution in [0.4, 0.5) is 13.2 Å². The first-order valence-electron chi connectivity index (χ1n) is 9.91. The average Bonchev–Trinajstić information content (AvgIpc) is 3.28. The maximum Gasteiger partial charge on any atom is 0.421 e. The maximum atomic E-state index is 13.0. The van der Waals surface area contributed by atoms with Crippen molar-refractivity contribution in [2.24, 2.45) is 4.99 Å². The minimum atomic E-state index is -4.52. The van der Waals surface area contributed by atoms with E-state index in [4.69, 9.17) is 9.47 Å². The van der Waals surface area contributed by atoms with E-state index in [-0.39, 0.29) is 25.2 Å². The standard InChI is InChI=1S/C19H26F3N5O3/c1-23-18(25-7-13-30-16-14(19(20,21)22)4-2-6-24-16)27-10-8-26(9-11-27)17(28)15-5-3-12-29-15/h2,4,6,15H,3,5,7-13H2,1H3,(H,23,25). The number of hydrogen-bond donors (Lipinski definition) is 1. The summed E-state index contributed by atoms with van der Waals surface area (Å²) in [5, 5.41) is 3.08. The fourth-order valence-corrected chi connectivity index (χ4v) is 3.48. The molecule has 0 aliphatic carbocycles. The molecule has 11 heteroatoms. The number of nitrogens with one attached hydrogen (secondary N) is 1. The van der Waals surface area contributed by atoms with Gasteiger partial charge in [-0.05, 0) is 25.0 Å². The molecule has 1 atom stereocenters. The van der Waals surface area contributed by atoms with Gasteiger partial charge < -0.3 is 24.6 Å². The molecule has 1 N–H and O–H groups in total. The third-order valence-corrected chi connectivity index (χ3v) is 5.01. The number of halogens is 3. The molecule has 0 aromatic carbocycles. The molecule has 0 saturated carbocycles. The third kappa shape index (κ3) is 5.53. The Hall–Kier alpha value is -2.56. The molecule has 1 aromatic heterocycles. The largest absolute Gasteiger partial charge is 0.475 e. The first kappa shape index (κ1) is 22.1. The minimum Gasteiger partial charge on any atom is -0.475 e. The van der Waals surface area contributed by atoms with Crippen LogP contribution in [-0.2, 0) is 15.7 Å². The zero-order valence-corrected chi connectivity index (χ0v) is 16.8. The summed E-state index contributed by atoms with van der Waals surface area (Å²) in [6, 6.07) is 2.16. The molecule has 1 aromatic rings. The number of hydrogen-bond acceptors (Lipinski definition) is 5. The Morgan fingerprint density at radius 2 is 2.07 bits per heavy atom. The van der Waals surface area contributed by atoms with Gasteiger partial charge in [-0.3, -0.25) is 9.79 Å². The summed E-state index contributed by atoms with van der Waals surface area (Å²) in [6.07, 6.45) is -1.89. The number of pyridine rings is 1. The third-order valence-electron chi connectivity index (χ3n) is 5.01. The molecule has 1 amide bonds. The number of piperazine rings is 1. The van der Waals surface area contributed by atoms with E-state index in [1.54, 1.807) is 7.05 Å². The topological polar surface area (TPSA) is 79.3 Å². The van der Waals surface area contributed by atoms with Gasteiger partial charge in [0.15, 0.2) is 5.96 Å². The molecule has 3 heterocycles. The van der Waals surface area contributed by atoms with Gasteiger partial charge >= 0.3 is 6.18 Å². The Balaban J connectivity index is 1.43. The predicted octanol–water partition coefficient (Wildman–Crippen LogP) is 1.38. The first-order valence-corrected chi connectivity index (χ1v) is 9.91. The highest BCUT2D eigenvalue weighted by Crippen LogP contribution is 2.34. The summed E-state index contributed by atoms with van der Waals surface area (Å²) in [4.78, 5) is 24.1. The molecule has 2 saturated heterocycles. The molecule has 0 spiro atoms. The van der Waals surface area contributed by atoms with Crippen molar-refractivity contribution in [3.63, 3.8) is 0 Å². The molecule has 2 aliphatic rings. The fourth-order valence-electron chi connectivity index (χ4n) is 3.48. The van der Waals surface area contributed by atoms with E-state index in [0.29, 0.717) is 38.7 Å². The van der Waals surface area contributed by atoms with Crippen molar-refractivity contribution < 1.29 is 27.4 Å². The smallest absolute Gasteiger partial charge is 0.421 e. The summed E-state index contributed by atoms with van der Waals surface area (Å²) in [5.41, 5.74) is -0.901. The minimum absolute atomic E-state index is 0.00339. The second kappa shape index (κ2) is 9.96. The van der Waals surface area contributed by atoms with Crippen molar-refractivity contribution in [1.82, 2.24) is 20.1 Å². The second-order valence-electron chi connectivity index (χ2n) is 6.99. The van der Waals surface area contributed by atoms with Crippen LogP contribution >= 0.6 is 0 Å². The Morgan fingerprint density at radius 3 is 2.70 bits per heavy atom. The van der Waals surface area contributed by atoms with Crippen LogP contribution in [0.1, 0.15) is 18.4 Å².